The van der Waals surface area contributed by atoms with Gasteiger partial charge in [0.25, 0.3) is 0 Å². The molecule has 0 saturated heterocycles. The van der Waals surface area contributed by atoms with Gasteiger partial charge >= 0.3 is 0 Å². The Morgan fingerprint density at radius 1 is 1.53 bits per heavy atom. The second kappa shape index (κ2) is 4.33. The fraction of sp³-hybridized carbons (Fsp3) is 0.538. The van der Waals surface area contributed by atoms with Crippen LogP contribution in [0, 0.1) is 6.92 Å². The maximum Gasteiger partial charge on any atom is 0.0636 e. The van der Waals surface area contributed by atoms with E-state index < -0.39 is 0 Å². The van der Waals surface area contributed by atoms with E-state index in [0.29, 0.717) is 12.6 Å². The van der Waals surface area contributed by atoms with Crippen LogP contribution in [0.5, 0.6) is 0 Å². The fourth-order valence-electron chi connectivity index (χ4n) is 2.36. The summed E-state index contributed by atoms with van der Waals surface area (Å²) >= 11 is 0. The van der Waals surface area contributed by atoms with Gasteiger partial charge in [-0.25, -0.2) is 0 Å². The maximum atomic E-state index is 9.25. The zero-order valence-corrected chi connectivity index (χ0v) is 9.46. The largest absolute Gasteiger partial charge is 0.392 e. The highest BCUT2D eigenvalue weighted by molar-refractivity contribution is 5.40. The third kappa shape index (κ3) is 2.21. The number of rotatable bonds is 3. The molecule has 2 N–H and O–H groups in total. The zero-order chi connectivity index (χ0) is 10.8. The number of aryl methyl sites for hydroxylation is 1. The molecule has 2 rings (SSSR count). The van der Waals surface area contributed by atoms with Gasteiger partial charge in [-0.05, 0) is 43.4 Å². The molecule has 1 aromatic carbocycles. The van der Waals surface area contributed by atoms with Crippen molar-refractivity contribution in [3.05, 3.63) is 34.9 Å². The number of aliphatic hydroxyl groups is 1. The topological polar surface area (TPSA) is 32.3 Å². The van der Waals surface area contributed by atoms with Gasteiger partial charge in [0.1, 0.15) is 0 Å². The summed E-state index contributed by atoms with van der Waals surface area (Å²) < 4.78 is 0. The Kier molecular flexibility index (Phi) is 3.08. The Morgan fingerprint density at radius 2 is 2.33 bits per heavy atom. The quantitative estimate of drug-likeness (QED) is 0.790. The molecule has 0 heterocycles. The van der Waals surface area contributed by atoms with Crippen LogP contribution in [-0.2, 0) is 6.42 Å². The van der Waals surface area contributed by atoms with E-state index in [1.807, 2.05) is 6.92 Å². The van der Waals surface area contributed by atoms with Gasteiger partial charge < -0.3 is 10.4 Å². The fourth-order valence-corrected chi connectivity index (χ4v) is 2.36. The van der Waals surface area contributed by atoms with Crippen molar-refractivity contribution in [2.75, 3.05) is 6.54 Å². The molecule has 2 atom stereocenters. The number of hydrogen-bond donors (Lipinski definition) is 2. The first-order valence-electron chi connectivity index (χ1n) is 5.68. The average Bonchev–Trinajstić information content (AvgIpc) is 2.59. The molecule has 82 valence electrons. The van der Waals surface area contributed by atoms with Crippen LogP contribution in [0.3, 0.4) is 0 Å². The van der Waals surface area contributed by atoms with E-state index in [4.69, 9.17) is 0 Å². The third-order valence-electron chi connectivity index (χ3n) is 3.16. The minimum atomic E-state index is -0.265. The Labute approximate surface area is 91.3 Å². The Morgan fingerprint density at radius 3 is 3.07 bits per heavy atom. The SMILES string of the molecule is Cc1cccc2c1CCC2NC[C@H](C)O. The summed E-state index contributed by atoms with van der Waals surface area (Å²) in [6.07, 6.45) is 2.06. The van der Waals surface area contributed by atoms with Crippen molar-refractivity contribution < 1.29 is 5.11 Å². The number of hydrogen-bond acceptors (Lipinski definition) is 2. The summed E-state index contributed by atoms with van der Waals surface area (Å²) in [6.45, 7) is 4.67. The second-order valence-corrected chi connectivity index (χ2v) is 4.49. The number of benzene rings is 1. The molecule has 1 aromatic rings. The summed E-state index contributed by atoms with van der Waals surface area (Å²) in [5.41, 5.74) is 4.32. The first kappa shape index (κ1) is 10.7. The van der Waals surface area contributed by atoms with E-state index in [9.17, 15) is 5.11 Å². The average molecular weight is 205 g/mol. The van der Waals surface area contributed by atoms with E-state index in [0.717, 1.165) is 6.42 Å². The van der Waals surface area contributed by atoms with Crippen LogP contribution >= 0.6 is 0 Å². The second-order valence-electron chi connectivity index (χ2n) is 4.49. The van der Waals surface area contributed by atoms with Gasteiger partial charge in [-0.1, -0.05) is 18.2 Å². The van der Waals surface area contributed by atoms with Gasteiger partial charge in [0.15, 0.2) is 0 Å². The summed E-state index contributed by atoms with van der Waals surface area (Å²) in [6, 6.07) is 6.94. The minimum Gasteiger partial charge on any atom is -0.392 e. The molecular weight excluding hydrogens is 186 g/mol. The molecule has 0 amide bonds. The lowest BCUT2D eigenvalue weighted by atomic mass is 10.0. The minimum absolute atomic E-state index is 0.265. The normalized spacial score (nSPS) is 21.4. The van der Waals surface area contributed by atoms with Crippen molar-refractivity contribution in [2.24, 2.45) is 0 Å². The van der Waals surface area contributed by atoms with Crippen LogP contribution in [0.15, 0.2) is 18.2 Å². The lowest BCUT2D eigenvalue weighted by Crippen LogP contribution is -2.27. The maximum absolute atomic E-state index is 9.25. The molecule has 2 nitrogen and oxygen atoms in total. The van der Waals surface area contributed by atoms with Gasteiger partial charge in [0.05, 0.1) is 6.10 Å². The van der Waals surface area contributed by atoms with Crippen molar-refractivity contribution in [3.63, 3.8) is 0 Å². The monoisotopic (exact) mass is 205 g/mol. The first-order chi connectivity index (χ1) is 7.18. The summed E-state index contributed by atoms with van der Waals surface area (Å²) in [4.78, 5) is 0. The van der Waals surface area contributed by atoms with E-state index in [-0.39, 0.29) is 6.10 Å². The van der Waals surface area contributed by atoms with Crippen LogP contribution in [-0.4, -0.2) is 17.8 Å². The van der Waals surface area contributed by atoms with Crippen molar-refractivity contribution in [3.8, 4) is 0 Å². The highest BCUT2D eigenvalue weighted by Gasteiger charge is 2.22. The molecule has 0 aromatic heterocycles. The molecule has 1 aliphatic rings. The molecule has 1 unspecified atom stereocenters. The van der Waals surface area contributed by atoms with Gasteiger partial charge in [0.2, 0.25) is 0 Å². The number of aliphatic hydroxyl groups excluding tert-OH is 1. The summed E-state index contributed by atoms with van der Waals surface area (Å²) in [5, 5.41) is 12.7. The first-order valence-corrected chi connectivity index (χ1v) is 5.68. The summed E-state index contributed by atoms with van der Waals surface area (Å²) in [7, 11) is 0. The molecule has 0 bridgehead atoms. The van der Waals surface area contributed by atoms with Crippen molar-refractivity contribution in [1.29, 1.82) is 0 Å². The number of nitrogens with one attached hydrogen (secondary N) is 1. The molecule has 0 fully saturated rings. The van der Waals surface area contributed by atoms with Crippen LogP contribution in [0.2, 0.25) is 0 Å². The summed E-state index contributed by atoms with van der Waals surface area (Å²) in [5.74, 6) is 0. The van der Waals surface area contributed by atoms with Crippen molar-refractivity contribution in [1.82, 2.24) is 5.32 Å². The molecule has 2 heteroatoms. The number of fused-ring (bicyclic) bond motifs is 1. The Hall–Kier alpha value is -0.860. The smallest absolute Gasteiger partial charge is 0.0636 e. The molecular formula is C13H19NO. The third-order valence-corrected chi connectivity index (χ3v) is 3.16. The van der Waals surface area contributed by atoms with E-state index in [1.54, 1.807) is 0 Å². The van der Waals surface area contributed by atoms with Crippen LogP contribution in [0.25, 0.3) is 0 Å². The molecule has 0 spiro atoms. The molecule has 0 saturated carbocycles. The molecule has 0 radical (unpaired) electrons. The van der Waals surface area contributed by atoms with Crippen molar-refractivity contribution >= 4 is 0 Å². The lowest BCUT2D eigenvalue weighted by molar-refractivity contribution is 0.186. The Balaban J connectivity index is 2.11. The van der Waals surface area contributed by atoms with E-state index in [2.05, 4.69) is 30.4 Å². The van der Waals surface area contributed by atoms with Gasteiger partial charge in [0, 0.05) is 12.6 Å². The zero-order valence-electron chi connectivity index (χ0n) is 9.46. The van der Waals surface area contributed by atoms with Crippen LogP contribution < -0.4 is 5.32 Å². The van der Waals surface area contributed by atoms with Crippen LogP contribution in [0.1, 0.15) is 36.1 Å². The van der Waals surface area contributed by atoms with Gasteiger partial charge in [-0.3, -0.25) is 0 Å². The highest BCUT2D eigenvalue weighted by Crippen LogP contribution is 2.32. The van der Waals surface area contributed by atoms with Gasteiger partial charge in [-0.2, -0.15) is 0 Å². The lowest BCUT2D eigenvalue weighted by Gasteiger charge is -2.15. The Bertz CT molecular complexity index is 346. The van der Waals surface area contributed by atoms with Gasteiger partial charge in [-0.15, -0.1) is 0 Å². The highest BCUT2D eigenvalue weighted by atomic mass is 16.3. The van der Waals surface area contributed by atoms with E-state index in [1.165, 1.54) is 23.1 Å². The molecule has 15 heavy (non-hydrogen) atoms. The molecule has 1 aliphatic carbocycles. The predicted molar refractivity (Wildman–Crippen MR) is 61.9 cm³/mol. The van der Waals surface area contributed by atoms with Crippen molar-refractivity contribution in [2.45, 2.75) is 38.8 Å². The van der Waals surface area contributed by atoms with Crippen LogP contribution in [0.4, 0.5) is 0 Å². The molecule has 0 aliphatic heterocycles. The standard InChI is InChI=1S/C13H19NO/c1-9-4-3-5-12-11(9)6-7-13(12)14-8-10(2)15/h3-5,10,13-15H,6-8H2,1-2H3/t10-,13?/m0/s1. The van der Waals surface area contributed by atoms with E-state index >= 15 is 0 Å². The predicted octanol–water partition coefficient (Wildman–Crippen LogP) is 1.95.